The average Bonchev–Trinajstić information content (AvgIpc) is 3.34. The van der Waals surface area contributed by atoms with E-state index in [1.807, 2.05) is 50.2 Å². The molecule has 3 rings (SSSR count). The van der Waals surface area contributed by atoms with Gasteiger partial charge in [0.15, 0.2) is 0 Å². The zero-order valence-corrected chi connectivity index (χ0v) is 23.4. The summed E-state index contributed by atoms with van der Waals surface area (Å²) < 4.78 is 48.0. The summed E-state index contributed by atoms with van der Waals surface area (Å²) in [5.74, 6) is 1.32. The van der Waals surface area contributed by atoms with Crippen LogP contribution in [-0.4, -0.2) is 54.3 Å². The fourth-order valence-electron chi connectivity index (χ4n) is 3.18. The molecule has 12 heteroatoms. The summed E-state index contributed by atoms with van der Waals surface area (Å²) in [6, 6.07) is 18.5. The second kappa shape index (κ2) is 13.9. The fraction of sp³-hybridized carbons (Fsp3) is 0.308. The third-order valence-electron chi connectivity index (χ3n) is 4.84. The summed E-state index contributed by atoms with van der Waals surface area (Å²) >= 11 is 0. The van der Waals surface area contributed by atoms with Crippen LogP contribution >= 0.6 is 0 Å². The number of furan rings is 1. The first-order valence-corrected chi connectivity index (χ1v) is 15.7. The number of rotatable bonds is 10. The molecule has 0 saturated heterocycles. The van der Waals surface area contributed by atoms with Gasteiger partial charge in [0.2, 0.25) is 20.0 Å². The van der Waals surface area contributed by atoms with E-state index in [4.69, 9.17) is 4.42 Å². The number of carbonyl (C=O) groups is 2. The first-order chi connectivity index (χ1) is 17.8. The lowest BCUT2D eigenvalue weighted by atomic mass is 10.1. The SMILES string of the molecule is CCCNC(=O)c1ccc(-c2ccc(-c3ccc(C(=O)NCCC)cc3)o2)cc1.CS(=O)(=O)NS(C)(=O)=O. The molecule has 0 aliphatic heterocycles. The predicted octanol–water partition coefficient (Wildman–Crippen LogP) is 3.39. The Hall–Kier alpha value is -3.48. The van der Waals surface area contributed by atoms with Crippen LogP contribution in [0.25, 0.3) is 22.6 Å². The molecule has 0 aliphatic rings. The molecule has 0 fully saturated rings. The standard InChI is InChI=1S/C24H26N2O3.C2H7NO4S2/c1-3-15-25-23(27)19-9-5-17(6-10-19)21-13-14-22(29-21)18-7-11-20(12-8-18)24(28)26-16-4-2;1-8(4,5)3-9(2,6)7/h5-14H,3-4,15-16H2,1-2H3,(H,25,27)(H,26,28);3H,1-2H3. The van der Waals surface area contributed by atoms with Crippen LogP contribution in [0.1, 0.15) is 47.4 Å². The van der Waals surface area contributed by atoms with Crippen LogP contribution in [-0.2, 0) is 20.0 Å². The number of hydrogen-bond acceptors (Lipinski definition) is 7. The molecule has 0 spiro atoms. The average molecular weight is 564 g/mol. The highest BCUT2D eigenvalue weighted by Crippen LogP contribution is 2.29. The molecule has 0 atom stereocenters. The van der Waals surface area contributed by atoms with Gasteiger partial charge in [-0.15, -0.1) is 4.13 Å². The van der Waals surface area contributed by atoms with Crippen molar-refractivity contribution in [2.24, 2.45) is 0 Å². The molecule has 0 unspecified atom stereocenters. The summed E-state index contributed by atoms with van der Waals surface area (Å²) in [5, 5.41) is 5.73. The van der Waals surface area contributed by atoms with E-state index in [1.54, 1.807) is 24.3 Å². The largest absolute Gasteiger partial charge is 0.456 e. The third-order valence-corrected chi connectivity index (χ3v) is 7.27. The minimum Gasteiger partial charge on any atom is -0.456 e. The van der Waals surface area contributed by atoms with Crippen LogP contribution in [0.15, 0.2) is 65.1 Å². The van der Waals surface area contributed by atoms with E-state index in [0.29, 0.717) is 24.2 Å². The van der Waals surface area contributed by atoms with E-state index in [1.165, 1.54) is 4.13 Å². The number of benzene rings is 2. The van der Waals surface area contributed by atoms with E-state index in [0.717, 1.165) is 48.0 Å². The molecule has 3 N–H and O–H groups in total. The molecule has 2 amide bonds. The van der Waals surface area contributed by atoms with Gasteiger partial charge in [-0.2, -0.15) is 0 Å². The molecule has 1 aromatic heterocycles. The van der Waals surface area contributed by atoms with Gasteiger partial charge in [0.1, 0.15) is 11.5 Å². The first kappa shape index (κ1) is 30.7. The maximum Gasteiger partial charge on any atom is 0.251 e. The smallest absolute Gasteiger partial charge is 0.251 e. The van der Waals surface area contributed by atoms with Crippen LogP contribution in [0, 0.1) is 0 Å². The van der Waals surface area contributed by atoms with Crippen molar-refractivity contribution in [2.45, 2.75) is 26.7 Å². The van der Waals surface area contributed by atoms with Crippen molar-refractivity contribution in [2.75, 3.05) is 25.6 Å². The number of sulfonamides is 2. The van der Waals surface area contributed by atoms with E-state index in [-0.39, 0.29) is 11.8 Å². The second-order valence-corrected chi connectivity index (χ2v) is 12.2. The minimum atomic E-state index is -3.62. The van der Waals surface area contributed by atoms with Gasteiger partial charge in [-0.25, -0.2) is 16.8 Å². The van der Waals surface area contributed by atoms with Crippen molar-refractivity contribution < 1.29 is 30.8 Å². The van der Waals surface area contributed by atoms with Gasteiger partial charge < -0.3 is 15.1 Å². The van der Waals surface area contributed by atoms with Crippen molar-refractivity contribution in [3.8, 4) is 22.6 Å². The maximum absolute atomic E-state index is 12.0. The molecule has 0 saturated carbocycles. The van der Waals surface area contributed by atoms with E-state index in [9.17, 15) is 26.4 Å². The van der Waals surface area contributed by atoms with Crippen LogP contribution in [0.5, 0.6) is 0 Å². The summed E-state index contributed by atoms with van der Waals surface area (Å²) in [7, 11) is -7.24. The second-order valence-electron chi connectivity index (χ2n) is 8.46. The predicted molar refractivity (Wildman–Crippen MR) is 148 cm³/mol. The van der Waals surface area contributed by atoms with Crippen molar-refractivity contribution in [3.05, 3.63) is 71.8 Å². The van der Waals surface area contributed by atoms with Gasteiger partial charge in [-0.1, -0.05) is 38.1 Å². The minimum absolute atomic E-state index is 0.0680. The Labute approximate surface area is 223 Å². The lowest BCUT2D eigenvalue weighted by Gasteiger charge is -2.05. The van der Waals surface area contributed by atoms with Gasteiger partial charge in [0.25, 0.3) is 11.8 Å². The van der Waals surface area contributed by atoms with Crippen molar-refractivity contribution in [3.63, 3.8) is 0 Å². The summed E-state index contributed by atoms with van der Waals surface area (Å²) in [4.78, 5) is 24.0. The highest BCUT2D eigenvalue weighted by Gasteiger charge is 2.11. The van der Waals surface area contributed by atoms with Crippen molar-refractivity contribution in [1.82, 2.24) is 14.8 Å². The summed E-state index contributed by atoms with van der Waals surface area (Å²) in [5.41, 5.74) is 3.06. The van der Waals surface area contributed by atoms with Crippen LogP contribution < -0.4 is 14.8 Å². The van der Waals surface area contributed by atoms with Gasteiger partial charge in [0, 0.05) is 35.3 Å². The quantitative estimate of drug-likeness (QED) is 0.342. The Bertz CT molecular complexity index is 1320. The molecule has 3 aromatic rings. The molecule has 0 radical (unpaired) electrons. The molecule has 0 bridgehead atoms. The Morgan fingerprint density at radius 1 is 0.632 bits per heavy atom. The third kappa shape index (κ3) is 10.5. The molecule has 38 heavy (non-hydrogen) atoms. The van der Waals surface area contributed by atoms with Crippen LogP contribution in [0.3, 0.4) is 0 Å². The molecule has 1 heterocycles. The monoisotopic (exact) mass is 563 g/mol. The zero-order chi connectivity index (χ0) is 28.3. The van der Waals surface area contributed by atoms with E-state index < -0.39 is 20.0 Å². The first-order valence-electron chi connectivity index (χ1n) is 11.9. The topological polar surface area (TPSA) is 152 Å². The number of hydrogen-bond donors (Lipinski definition) is 3. The molecule has 0 aliphatic carbocycles. The number of amides is 2. The van der Waals surface area contributed by atoms with Crippen LogP contribution in [0.2, 0.25) is 0 Å². The van der Waals surface area contributed by atoms with E-state index in [2.05, 4.69) is 10.6 Å². The summed E-state index contributed by atoms with van der Waals surface area (Å²) in [6.45, 7) is 5.38. The van der Waals surface area contributed by atoms with Gasteiger partial charge in [0.05, 0.1) is 12.5 Å². The molecular formula is C26H33N3O7S2. The highest BCUT2D eigenvalue weighted by atomic mass is 32.3. The van der Waals surface area contributed by atoms with Gasteiger partial charge >= 0.3 is 0 Å². The van der Waals surface area contributed by atoms with E-state index >= 15 is 0 Å². The lowest BCUT2D eigenvalue weighted by molar-refractivity contribution is 0.0945. The Morgan fingerprint density at radius 3 is 1.24 bits per heavy atom. The normalized spacial score (nSPS) is 11.3. The van der Waals surface area contributed by atoms with Gasteiger partial charge in [-0.3, -0.25) is 9.59 Å². The van der Waals surface area contributed by atoms with Crippen molar-refractivity contribution in [1.29, 1.82) is 0 Å². The Morgan fingerprint density at radius 2 is 0.974 bits per heavy atom. The summed E-state index contributed by atoms with van der Waals surface area (Å²) in [6.07, 6.45) is 3.36. The highest BCUT2D eigenvalue weighted by molar-refractivity contribution is 8.04. The molecular weight excluding hydrogens is 530 g/mol. The molecule has 10 nitrogen and oxygen atoms in total. The fourth-order valence-corrected chi connectivity index (χ4v) is 5.38. The number of nitrogens with one attached hydrogen (secondary N) is 3. The molecule has 2 aromatic carbocycles. The molecule has 206 valence electrons. The maximum atomic E-state index is 12.0. The van der Waals surface area contributed by atoms with Crippen LogP contribution in [0.4, 0.5) is 0 Å². The zero-order valence-electron chi connectivity index (χ0n) is 21.8. The Kier molecular flexibility index (Phi) is 11.2. The van der Waals surface area contributed by atoms with Gasteiger partial charge in [-0.05, 0) is 49.2 Å². The number of carbonyl (C=O) groups excluding carboxylic acids is 2. The lowest BCUT2D eigenvalue weighted by Crippen LogP contribution is -2.27. The Balaban J connectivity index is 0.000000484. The van der Waals surface area contributed by atoms with Crippen molar-refractivity contribution >= 4 is 31.9 Å².